The molecular weight excluding hydrogens is 398 g/mol. The van der Waals surface area contributed by atoms with E-state index in [2.05, 4.69) is 30.5 Å². The van der Waals surface area contributed by atoms with Gasteiger partial charge < -0.3 is 15.5 Å². The van der Waals surface area contributed by atoms with Gasteiger partial charge in [-0.2, -0.15) is 0 Å². The SMILES string of the molecule is Fc1cccc(F)c1-c1cccc2cnc(Nc3ccc(N4CCNCC4)nc3)nc12. The highest BCUT2D eigenvalue weighted by molar-refractivity contribution is 5.94. The Morgan fingerprint density at radius 3 is 2.39 bits per heavy atom. The Labute approximate surface area is 178 Å². The normalized spacial score (nSPS) is 14.1. The van der Waals surface area contributed by atoms with Crippen LogP contribution in [-0.2, 0) is 0 Å². The van der Waals surface area contributed by atoms with Crippen molar-refractivity contribution in [2.24, 2.45) is 0 Å². The molecule has 2 aromatic carbocycles. The molecule has 0 atom stereocenters. The first-order chi connectivity index (χ1) is 15.2. The van der Waals surface area contributed by atoms with Gasteiger partial charge in [0.15, 0.2) is 0 Å². The van der Waals surface area contributed by atoms with Crippen molar-refractivity contribution in [2.45, 2.75) is 0 Å². The predicted octanol–water partition coefficient (Wildman–Crippen LogP) is 4.12. The molecule has 0 unspecified atom stereocenters. The van der Waals surface area contributed by atoms with E-state index in [-0.39, 0.29) is 5.56 Å². The van der Waals surface area contributed by atoms with E-state index in [1.165, 1.54) is 18.2 Å². The molecule has 8 heteroatoms. The van der Waals surface area contributed by atoms with E-state index in [1.54, 1.807) is 24.5 Å². The number of nitrogens with zero attached hydrogens (tertiary/aromatic N) is 4. The van der Waals surface area contributed by atoms with E-state index >= 15 is 0 Å². The van der Waals surface area contributed by atoms with Gasteiger partial charge in [0.2, 0.25) is 5.95 Å². The molecule has 4 aromatic rings. The number of hydrogen-bond donors (Lipinski definition) is 2. The van der Waals surface area contributed by atoms with E-state index in [0.717, 1.165) is 37.7 Å². The van der Waals surface area contributed by atoms with Crippen molar-refractivity contribution in [1.29, 1.82) is 0 Å². The van der Waals surface area contributed by atoms with Gasteiger partial charge in [0, 0.05) is 43.3 Å². The Kier molecular flexibility index (Phi) is 5.13. The number of benzene rings is 2. The maximum atomic E-state index is 14.4. The molecule has 0 bridgehead atoms. The van der Waals surface area contributed by atoms with E-state index in [9.17, 15) is 8.78 Å². The third-order valence-electron chi connectivity index (χ3n) is 5.29. The summed E-state index contributed by atoms with van der Waals surface area (Å²) in [7, 11) is 0. The minimum Gasteiger partial charge on any atom is -0.354 e. The number of nitrogens with one attached hydrogen (secondary N) is 2. The molecule has 156 valence electrons. The summed E-state index contributed by atoms with van der Waals surface area (Å²) in [5, 5.41) is 7.14. The van der Waals surface area contributed by atoms with Crippen molar-refractivity contribution in [2.75, 3.05) is 36.4 Å². The summed E-state index contributed by atoms with van der Waals surface area (Å²) in [4.78, 5) is 15.6. The highest BCUT2D eigenvalue weighted by Crippen LogP contribution is 2.32. The average Bonchev–Trinajstić information content (AvgIpc) is 2.80. The average molecular weight is 418 g/mol. The van der Waals surface area contributed by atoms with E-state index in [0.29, 0.717) is 22.4 Å². The third kappa shape index (κ3) is 3.89. The van der Waals surface area contributed by atoms with Crippen LogP contribution in [0.5, 0.6) is 0 Å². The third-order valence-corrected chi connectivity index (χ3v) is 5.29. The lowest BCUT2D eigenvalue weighted by Crippen LogP contribution is -2.43. The van der Waals surface area contributed by atoms with Crippen LogP contribution in [0.4, 0.5) is 26.2 Å². The Hall–Kier alpha value is -3.65. The van der Waals surface area contributed by atoms with Crippen LogP contribution in [0.1, 0.15) is 0 Å². The first kappa shape index (κ1) is 19.3. The quantitative estimate of drug-likeness (QED) is 0.520. The van der Waals surface area contributed by atoms with Crippen molar-refractivity contribution in [3.05, 3.63) is 72.6 Å². The molecule has 1 fully saturated rings. The topological polar surface area (TPSA) is 66.0 Å². The van der Waals surface area contributed by atoms with Crippen molar-refractivity contribution in [3.8, 4) is 11.1 Å². The van der Waals surface area contributed by atoms with Crippen molar-refractivity contribution < 1.29 is 8.78 Å². The summed E-state index contributed by atoms with van der Waals surface area (Å²) < 4.78 is 28.8. The number of pyridine rings is 1. The van der Waals surface area contributed by atoms with E-state index in [4.69, 9.17) is 0 Å². The maximum Gasteiger partial charge on any atom is 0.227 e. The molecule has 0 saturated carbocycles. The van der Waals surface area contributed by atoms with Gasteiger partial charge in [-0.05, 0) is 24.3 Å². The summed E-state index contributed by atoms with van der Waals surface area (Å²) in [5.74, 6) is -0.0149. The number of fused-ring (bicyclic) bond motifs is 1. The van der Waals surface area contributed by atoms with Crippen LogP contribution >= 0.6 is 0 Å². The fraction of sp³-hybridized carbons (Fsp3) is 0.174. The Balaban J connectivity index is 1.46. The molecule has 0 spiro atoms. The zero-order valence-corrected chi connectivity index (χ0v) is 16.6. The fourth-order valence-corrected chi connectivity index (χ4v) is 3.74. The molecule has 1 saturated heterocycles. The highest BCUT2D eigenvalue weighted by atomic mass is 19.1. The van der Waals surface area contributed by atoms with Crippen molar-refractivity contribution in [1.82, 2.24) is 20.3 Å². The van der Waals surface area contributed by atoms with Gasteiger partial charge in [0.05, 0.1) is 23.0 Å². The zero-order valence-electron chi connectivity index (χ0n) is 16.6. The Morgan fingerprint density at radius 1 is 0.871 bits per heavy atom. The largest absolute Gasteiger partial charge is 0.354 e. The lowest BCUT2D eigenvalue weighted by molar-refractivity contribution is 0.585. The number of hydrogen-bond acceptors (Lipinski definition) is 6. The second kappa shape index (κ2) is 8.23. The van der Waals surface area contributed by atoms with Gasteiger partial charge >= 0.3 is 0 Å². The molecule has 6 nitrogen and oxygen atoms in total. The molecule has 1 aliphatic rings. The lowest BCUT2D eigenvalue weighted by atomic mass is 10.0. The molecule has 0 radical (unpaired) electrons. The molecule has 3 heterocycles. The predicted molar refractivity (Wildman–Crippen MR) is 117 cm³/mol. The van der Waals surface area contributed by atoms with Crippen LogP contribution in [0.2, 0.25) is 0 Å². The number of halogens is 2. The summed E-state index contributed by atoms with van der Waals surface area (Å²) in [6.07, 6.45) is 3.36. The molecular formula is C23H20F2N6. The molecule has 5 rings (SSSR count). The molecule has 0 aliphatic carbocycles. The van der Waals surface area contributed by atoms with Crippen LogP contribution in [0.15, 0.2) is 60.9 Å². The fourth-order valence-electron chi connectivity index (χ4n) is 3.74. The molecule has 0 amide bonds. The Morgan fingerprint density at radius 2 is 1.65 bits per heavy atom. The standard InChI is InChI=1S/C23H20F2N6/c24-18-5-2-6-19(25)21(18)17-4-1-3-15-13-28-23(30-22(15)17)29-16-7-8-20(27-14-16)31-11-9-26-10-12-31/h1-8,13-14,26H,9-12H2,(H,28,29,30). The monoisotopic (exact) mass is 418 g/mol. The van der Waals surface area contributed by atoms with Gasteiger partial charge in [-0.1, -0.05) is 24.3 Å². The van der Waals surface area contributed by atoms with Crippen LogP contribution < -0.4 is 15.5 Å². The first-order valence-corrected chi connectivity index (χ1v) is 10.1. The van der Waals surface area contributed by atoms with Gasteiger partial charge in [0.25, 0.3) is 0 Å². The number of rotatable bonds is 4. The Bertz CT molecular complexity index is 1200. The molecule has 2 N–H and O–H groups in total. The minimum atomic E-state index is -0.631. The summed E-state index contributed by atoms with van der Waals surface area (Å²) in [6, 6.07) is 12.9. The summed E-state index contributed by atoms with van der Waals surface area (Å²) >= 11 is 0. The van der Waals surface area contributed by atoms with Crippen LogP contribution in [0.25, 0.3) is 22.0 Å². The maximum absolute atomic E-state index is 14.4. The second-order valence-electron chi connectivity index (χ2n) is 7.30. The van der Waals surface area contributed by atoms with Crippen LogP contribution in [0, 0.1) is 11.6 Å². The first-order valence-electron chi connectivity index (χ1n) is 10.1. The molecule has 31 heavy (non-hydrogen) atoms. The number of aromatic nitrogens is 3. The smallest absolute Gasteiger partial charge is 0.227 e. The number of piperazine rings is 1. The summed E-state index contributed by atoms with van der Waals surface area (Å²) in [6.45, 7) is 3.72. The van der Waals surface area contributed by atoms with Crippen LogP contribution in [0.3, 0.4) is 0 Å². The van der Waals surface area contributed by atoms with Crippen molar-refractivity contribution >= 4 is 28.4 Å². The highest BCUT2D eigenvalue weighted by Gasteiger charge is 2.16. The van der Waals surface area contributed by atoms with Gasteiger partial charge in [-0.25, -0.2) is 23.7 Å². The van der Waals surface area contributed by atoms with E-state index < -0.39 is 11.6 Å². The zero-order chi connectivity index (χ0) is 21.2. The van der Waals surface area contributed by atoms with Gasteiger partial charge in [-0.15, -0.1) is 0 Å². The van der Waals surface area contributed by atoms with E-state index in [1.807, 2.05) is 18.2 Å². The van der Waals surface area contributed by atoms with Crippen molar-refractivity contribution in [3.63, 3.8) is 0 Å². The van der Waals surface area contributed by atoms with Gasteiger partial charge in [0.1, 0.15) is 17.5 Å². The number of anilines is 3. The molecule has 1 aliphatic heterocycles. The number of para-hydroxylation sites is 1. The lowest BCUT2D eigenvalue weighted by Gasteiger charge is -2.28. The second-order valence-corrected chi connectivity index (χ2v) is 7.30. The van der Waals surface area contributed by atoms with Crippen LogP contribution in [-0.4, -0.2) is 41.1 Å². The summed E-state index contributed by atoms with van der Waals surface area (Å²) in [5.41, 5.74) is 1.48. The van der Waals surface area contributed by atoms with Gasteiger partial charge in [-0.3, -0.25) is 0 Å². The molecule has 2 aromatic heterocycles. The minimum absolute atomic E-state index is 0.0974.